The van der Waals surface area contributed by atoms with Gasteiger partial charge in [-0.15, -0.1) is 0 Å². The summed E-state index contributed by atoms with van der Waals surface area (Å²) in [6.07, 6.45) is 0.463. The summed E-state index contributed by atoms with van der Waals surface area (Å²) in [7, 11) is 0. The topological polar surface area (TPSA) is 55.5 Å². The fourth-order valence-corrected chi connectivity index (χ4v) is 1.97. The van der Waals surface area contributed by atoms with Crippen LogP contribution in [0.5, 0.6) is 5.75 Å². The first-order valence-corrected chi connectivity index (χ1v) is 6.48. The number of nitrogens with two attached hydrogens (primary N) is 1. The molecule has 0 saturated heterocycles. The average Bonchev–Trinajstić information content (AvgIpc) is 2.50. The van der Waals surface area contributed by atoms with E-state index in [-0.39, 0.29) is 12.4 Å². The van der Waals surface area contributed by atoms with Gasteiger partial charge in [-0.2, -0.15) is 0 Å². The summed E-state index contributed by atoms with van der Waals surface area (Å²) in [5.41, 5.74) is 6.25. The van der Waals surface area contributed by atoms with Gasteiger partial charge in [-0.3, -0.25) is 0 Å². The SMILES string of the molecule is NC(CO)(CCOc1ccc(F)cc1)c1ccccc1. The van der Waals surface area contributed by atoms with Crippen molar-refractivity contribution in [3.63, 3.8) is 0 Å². The molecule has 0 aliphatic heterocycles. The van der Waals surface area contributed by atoms with Crippen LogP contribution in [-0.2, 0) is 5.54 Å². The van der Waals surface area contributed by atoms with Crippen molar-refractivity contribution in [2.24, 2.45) is 5.73 Å². The number of aliphatic hydroxyl groups excluding tert-OH is 1. The second-order valence-electron chi connectivity index (χ2n) is 4.73. The molecule has 0 amide bonds. The first-order chi connectivity index (χ1) is 9.64. The molecule has 2 rings (SSSR count). The third-order valence-electron chi connectivity index (χ3n) is 3.26. The van der Waals surface area contributed by atoms with E-state index in [2.05, 4.69) is 0 Å². The van der Waals surface area contributed by atoms with Crippen LogP contribution in [0.15, 0.2) is 54.6 Å². The molecule has 2 aromatic carbocycles. The first-order valence-electron chi connectivity index (χ1n) is 6.48. The van der Waals surface area contributed by atoms with Gasteiger partial charge in [-0.25, -0.2) is 4.39 Å². The fraction of sp³-hybridized carbons (Fsp3) is 0.250. The van der Waals surface area contributed by atoms with E-state index in [1.807, 2.05) is 30.3 Å². The van der Waals surface area contributed by atoms with Crippen molar-refractivity contribution in [1.29, 1.82) is 0 Å². The standard InChI is InChI=1S/C16H18FNO2/c17-14-6-8-15(9-7-14)20-11-10-16(18,12-19)13-4-2-1-3-5-13/h1-9,19H,10-12,18H2. The summed E-state index contributed by atoms with van der Waals surface area (Å²) in [5, 5.41) is 9.54. The summed E-state index contributed by atoms with van der Waals surface area (Å²) in [6, 6.07) is 15.2. The molecule has 0 saturated carbocycles. The van der Waals surface area contributed by atoms with Crippen molar-refractivity contribution < 1.29 is 14.2 Å². The van der Waals surface area contributed by atoms with Crippen molar-refractivity contribution >= 4 is 0 Å². The van der Waals surface area contributed by atoms with Crippen LogP contribution in [0.2, 0.25) is 0 Å². The molecule has 3 N–H and O–H groups in total. The number of rotatable bonds is 6. The van der Waals surface area contributed by atoms with Crippen LogP contribution >= 0.6 is 0 Å². The molecule has 3 nitrogen and oxygen atoms in total. The lowest BCUT2D eigenvalue weighted by atomic mass is 9.89. The van der Waals surface area contributed by atoms with Gasteiger partial charge in [-0.1, -0.05) is 30.3 Å². The number of halogens is 1. The molecular weight excluding hydrogens is 257 g/mol. The Balaban J connectivity index is 1.96. The van der Waals surface area contributed by atoms with Crippen LogP contribution in [0.3, 0.4) is 0 Å². The molecule has 106 valence electrons. The van der Waals surface area contributed by atoms with Crippen LogP contribution < -0.4 is 10.5 Å². The van der Waals surface area contributed by atoms with Crippen molar-refractivity contribution in [3.8, 4) is 5.75 Å². The van der Waals surface area contributed by atoms with Crippen LogP contribution in [-0.4, -0.2) is 18.3 Å². The van der Waals surface area contributed by atoms with Crippen molar-refractivity contribution in [3.05, 3.63) is 66.0 Å². The van der Waals surface area contributed by atoms with Gasteiger partial charge in [0.25, 0.3) is 0 Å². The predicted octanol–water partition coefficient (Wildman–Crippen LogP) is 2.44. The Hall–Kier alpha value is -1.91. The maximum Gasteiger partial charge on any atom is 0.123 e. The molecule has 4 heteroatoms. The second-order valence-corrected chi connectivity index (χ2v) is 4.73. The van der Waals surface area contributed by atoms with Crippen molar-refractivity contribution in [2.45, 2.75) is 12.0 Å². The van der Waals surface area contributed by atoms with Gasteiger partial charge in [0.15, 0.2) is 0 Å². The largest absolute Gasteiger partial charge is 0.494 e. The smallest absolute Gasteiger partial charge is 0.123 e. The van der Waals surface area contributed by atoms with Gasteiger partial charge >= 0.3 is 0 Å². The minimum Gasteiger partial charge on any atom is -0.494 e. The highest BCUT2D eigenvalue weighted by Gasteiger charge is 2.26. The Bertz CT molecular complexity index is 530. The maximum absolute atomic E-state index is 12.8. The van der Waals surface area contributed by atoms with Crippen molar-refractivity contribution in [1.82, 2.24) is 0 Å². The van der Waals surface area contributed by atoms with Crippen LogP contribution in [0.1, 0.15) is 12.0 Å². The van der Waals surface area contributed by atoms with E-state index < -0.39 is 5.54 Å². The highest BCUT2D eigenvalue weighted by molar-refractivity contribution is 5.25. The number of hydrogen-bond acceptors (Lipinski definition) is 3. The molecule has 0 aliphatic carbocycles. The summed E-state index contributed by atoms with van der Waals surface area (Å²) in [6.45, 7) is 0.182. The molecule has 0 bridgehead atoms. The quantitative estimate of drug-likeness (QED) is 0.851. The number of benzene rings is 2. The highest BCUT2D eigenvalue weighted by Crippen LogP contribution is 2.22. The minimum absolute atomic E-state index is 0.163. The lowest BCUT2D eigenvalue weighted by Gasteiger charge is -2.27. The highest BCUT2D eigenvalue weighted by atomic mass is 19.1. The molecule has 2 aromatic rings. The summed E-state index contributed by atoms with van der Waals surface area (Å²) in [5.74, 6) is 0.282. The van der Waals surface area contributed by atoms with E-state index in [0.717, 1.165) is 5.56 Å². The lowest BCUT2D eigenvalue weighted by molar-refractivity contribution is 0.162. The van der Waals surface area contributed by atoms with Crippen LogP contribution in [0.25, 0.3) is 0 Å². The van der Waals surface area contributed by atoms with Crippen LogP contribution in [0.4, 0.5) is 4.39 Å². The van der Waals surface area contributed by atoms with E-state index >= 15 is 0 Å². The molecule has 0 fully saturated rings. The Kier molecular flexibility index (Phi) is 4.71. The third-order valence-corrected chi connectivity index (χ3v) is 3.26. The lowest BCUT2D eigenvalue weighted by Crippen LogP contribution is -2.41. The van der Waals surface area contributed by atoms with E-state index in [4.69, 9.17) is 10.5 Å². The molecule has 0 aromatic heterocycles. The number of aliphatic hydroxyl groups is 1. The monoisotopic (exact) mass is 275 g/mol. The number of hydrogen-bond donors (Lipinski definition) is 2. The van der Waals surface area contributed by atoms with Crippen molar-refractivity contribution in [2.75, 3.05) is 13.2 Å². The van der Waals surface area contributed by atoms with E-state index in [1.54, 1.807) is 12.1 Å². The minimum atomic E-state index is -0.832. The molecule has 20 heavy (non-hydrogen) atoms. The molecule has 1 atom stereocenters. The molecule has 0 spiro atoms. The second kappa shape index (κ2) is 6.50. The Morgan fingerprint density at radius 1 is 1.05 bits per heavy atom. The molecule has 1 unspecified atom stereocenters. The maximum atomic E-state index is 12.8. The van der Waals surface area contributed by atoms with Crippen LogP contribution in [0, 0.1) is 5.82 Å². The molecule has 0 aliphatic rings. The van der Waals surface area contributed by atoms with Gasteiger partial charge < -0.3 is 15.6 Å². The van der Waals surface area contributed by atoms with E-state index in [1.165, 1.54) is 12.1 Å². The number of ether oxygens (including phenoxy) is 1. The van der Waals surface area contributed by atoms with E-state index in [0.29, 0.717) is 18.8 Å². The zero-order valence-corrected chi connectivity index (χ0v) is 11.1. The third kappa shape index (κ3) is 3.56. The van der Waals surface area contributed by atoms with E-state index in [9.17, 15) is 9.50 Å². The zero-order chi connectivity index (χ0) is 14.4. The van der Waals surface area contributed by atoms with Gasteiger partial charge in [0.2, 0.25) is 0 Å². The first kappa shape index (κ1) is 14.5. The molecule has 0 radical (unpaired) electrons. The predicted molar refractivity (Wildman–Crippen MR) is 75.9 cm³/mol. The van der Waals surface area contributed by atoms with Gasteiger partial charge in [-0.05, 0) is 29.8 Å². The molecular formula is C16H18FNO2. The molecule has 0 heterocycles. The fourth-order valence-electron chi connectivity index (χ4n) is 1.97. The summed E-state index contributed by atoms with van der Waals surface area (Å²) < 4.78 is 18.3. The summed E-state index contributed by atoms with van der Waals surface area (Å²) >= 11 is 0. The Labute approximate surface area is 117 Å². The van der Waals surface area contributed by atoms with Gasteiger partial charge in [0.05, 0.1) is 18.8 Å². The Morgan fingerprint density at radius 2 is 1.70 bits per heavy atom. The Morgan fingerprint density at radius 3 is 2.30 bits per heavy atom. The van der Waals surface area contributed by atoms with Gasteiger partial charge in [0, 0.05) is 6.42 Å². The van der Waals surface area contributed by atoms with Gasteiger partial charge in [0.1, 0.15) is 11.6 Å². The summed E-state index contributed by atoms with van der Waals surface area (Å²) in [4.78, 5) is 0. The zero-order valence-electron chi connectivity index (χ0n) is 11.1. The average molecular weight is 275 g/mol. The normalized spacial score (nSPS) is 13.8.